The van der Waals surface area contributed by atoms with Gasteiger partial charge in [0.05, 0.1) is 18.0 Å². The quantitative estimate of drug-likeness (QED) is 0.280. The predicted octanol–water partition coefficient (Wildman–Crippen LogP) is 4.42. The van der Waals surface area contributed by atoms with Crippen LogP contribution in [0.4, 0.5) is 16.0 Å². The molecule has 47 heavy (non-hydrogen) atoms. The van der Waals surface area contributed by atoms with Crippen LogP contribution in [0, 0.1) is 22.6 Å². The molecule has 8 rings (SSSR count). The molecule has 0 atom stereocenters. The molecule has 232 valence electrons. The van der Waals surface area contributed by atoms with Crippen molar-refractivity contribution in [2.75, 3.05) is 36.8 Å². The van der Waals surface area contributed by atoms with Crippen molar-refractivity contribution >= 4 is 22.8 Å². The summed E-state index contributed by atoms with van der Waals surface area (Å²) in [6.07, 6.45) is 8.34. The highest BCUT2D eigenvalue weighted by atomic mass is 19.1. The number of aromatic nitrogens is 8. The number of benzene rings is 1. The molecule has 2 aliphatic rings. The second-order valence-electron chi connectivity index (χ2n) is 12.1. The van der Waals surface area contributed by atoms with Crippen LogP contribution < -0.4 is 10.6 Å². The van der Waals surface area contributed by atoms with Gasteiger partial charge in [0, 0.05) is 43.1 Å². The minimum absolute atomic E-state index is 0.211. The summed E-state index contributed by atoms with van der Waals surface area (Å²) in [5.74, 6) is 1.93. The number of anilines is 2. The number of halogens is 1. The summed E-state index contributed by atoms with van der Waals surface area (Å²) in [6.45, 7) is 4.82. The number of nitrogens with zero attached hydrogens (tertiary/aromatic N) is 11. The standard InChI is InChI=1S/C34H29FN12/c35-23-5-8-26(40-17-23)31-41-18-27-33(44-31)47(32(42-27)25-2-1-12-39-30(25)37)24-6-3-22(4-7-24)19-45-14-10-34(11-15-45)20-46(21-34)29-9-13-38-28(16-36)43-29/h1-9,12-13,17-18H,10-11,14-15,19-21H2,(H2,37,39). The number of fused-ring (bicyclic) bond motifs is 1. The molecule has 1 aromatic carbocycles. The molecule has 7 heterocycles. The number of piperidine rings is 1. The van der Waals surface area contributed by atoms with E-state index in [1.807, 2.05) is 28.8 Å². The number of pyridine rings is 2. The third-order valence-electron chi connectivity index (χ3n) is 9.07. The highest BCUT2D eigenvalue weighted by Crippen LogP contribution is 2.42. The van der Waals surface area contributed by atoms with E-state index in [2.05, 4.69) is 59.0 Å². The van der Waals surface area contributed by atoms with Crippen LogP contribution in [0.25, 0.3) is 39.8 Å². The van der Waals surface area contributed by atoms with E-state index in [-0.39, 0.29) is 5.82 Å². The number of imidazole rings is 1. The SMILES string of the molecule is N#Cc1nccc(N2CC3(CCN(Cc4ccc(-n5c(-c6cccnc6N)nc6cnc(-c7ccc(F)cn7)nc65)cc4)CC3)C2)n1. The lowest BCUT2D eigenvalue weighted by Gasteiger charge is -2.54. The van der Waals surface area contributed by atoms with Gasteiger partial charge in [-0.25, -0.2) is 39.3 Å². The molecule has 0 aliphatic carbocycles. The highest BCUT2D eigenvalue weighted by molar-refractivity contribution is 5.83. The molecule has 0 radical (unpaired) electrons. The van der Waals surface area contributed by atoms with Crippen molar-refractivity contribution in [1.82, 2.24) is 44.4 Å². The normalized spacial score (nSPS) is 15.9. The first-order chi connectivity index (χ1) is 23.0. The topological polar surface area (TPSA) is 151 Å². The maximum absolute atomic E-state index is 13.5. The van der Waals surface area contributed by atoms with Gasteiger partial charge < -0.3 is 10.6 Å². The Morgan fingerprint density at radius 2 is 1.70 bits per heavy atom. The van der Waals surface area contributed by atoms with Gasteiger partial charge >= 0.3 is 0 Å². The summed E-state index contributed by atoms with van der Waals surface area (Å²) >= 11 is 0. The minimum atomic E-state index is -0.428. The van der Waals surface area contributed by atoms with Gasteiger partial charge in [-0.3, -0.25) is 9.47 Å². The summed E-state index contributed by atoms with van der Waals surface area (Å²) in [4.78, 5) is 35.7. The van der Waals surface area contributed by atoms with Gasteiger partial charge in [0.25, 0.3) is 0 Å². The number of nitrogens with two attached hydrogens (primary N) is 1. The Morgan fingerprint density at radius 1 is 0.872 bits per heavy atom. The first-order valence-corrected chi connectivity index (χ1v) is 15.4. The molecule has 0 bridgehead atoms. The summed E-state index contributed by atoms with van der Waals surface area (Å²) in [6, 6.07) is 18.9. The van der Waals surface area contributed by atoms with E-state index in [1.165, 1.54) is 11.6 Å². The van der Waals surface area contributed by atoms with Crippen LogP contribution in [-0.4, -0.2) is 70.5 Å². The smallest absolute Gasteiger partial charge is 0.234 e. The van der Waals surface area contributed by atoms with Gasteiger partial charge in [-0.2, -0.15) is 5.26 Å². The van der Waals surface area contributed by atoms with Crippen molar-refractivity contribution in [3.8, 4) is 34.7 Å². The number of rotatable bonds is 6. The Hall–Kier alpha value is -5.87. The second kappa shape index (κ2) is 11.5. The first kappa shape index (κ1) is 28.6. The average molecular weight is 625 g/mol. The first-order valence-electron chi connectivity index (χ1n) is 15.4. The Bertz CT molecular complexity index is 2120. The van der Waals surface area contributed by atoms with E-state index < -0.39 is 5.82 Å². The fourth-order valence-corrected chi connectivity index (χ4v) is 6.55. The van der Waals surface area contributed by atoms with Crippen LogP contribution in [0.1, 0.15) is 24.2 Å². The average Bonchev–Trinajstić information content (AvgIpc) is 3.47. The Kier molecular flexibility index (Phi) is 6.99. The number of hydrogen-bond acceptors (Lipinski definition) is 11. The summed E-state index contributed by atoms with van der Waals surface area (Å²) in [7, 11) is 0. The molecule has 5 aromatic heterocycles. The monoisotopic (exact) mass is 624 g/mol. The van der Waals surface area contributed by atoms with Crippen molar-refractivity contribution in [2.24, 2.45) is 5.41 Å². The van der Waals surface area contributed by atoms with Gasteiger partial charge in [0.2, 0.25) is 5.82 Å². The van der Waals surface area contributed by atoms with Crippen molar-refractivity contribution in [3.05, 3.63) is 96.6 Å². The number of hydrogen-bond donors (Lipinski definition) is 1. The number of nitriles is 1. The molecule has 0 amide bonds. The van der Waals surface area contributed by atoms with Crippen LogP contribution >= 0.6 is 0 Å². The number of likely N-dealkylation sites (tertiary alicyclic amines) is 1. The van der Waals surface area contributed by atoms with Gasteiger partial charge in [-0.05, 0) is 74.0 Å². The molecule has 13 heteroatoms. The Balaban J connectivity index is 1.02. The van der Waals surface area contributed by atoms with Crippen LogP contribution in [-0.2, 0) is 6.54 Å². The van der Waals surface area contributed by atoms with Crippen molar-refractivity contribution in [2.45, 2.75) is 19.4 Å². The Labute approximate surface area is 269 Å². The largest absolute Gasteiger partial charge is 0.383 e. The molecule has 12 nitrogen and oxygen atoms in total. The zero-order valence-corrected chi connectivity index (χ0v) is 25.3. The molecule has 2 fully saturated rings. The van der Waals surface area contributed by atoms with Crippen LogP contribution in [0.3, 0.4) is 0 Å². The van der Waals surface area contributed by atoms with E-state index in [1.54, 1.807) is 24.7 Å². The molecular formula is C34H29FN12. The lowest BCUT2D eigenvalue weighted by atomic mass is 9.72. The zero-order chi connectivity index (χ0) is 32.0. The molecule has 2 saturated heterocycles. The molecule has 0 saturated carbocycles. The zero-order valence-electron chi connectivity index (χ0n) is 25.3. The van der Waals surface area contributed by atoms with Crippen molar-refractivity contribution in [1.29, 1.82) is 5.26 Å². The van der Waals surface area contributed by atoms with Crippen LogP contribution in [0.2, 0.25) is 0 Å². The maximum Gasteiger partial charge on any atom is 0.234 e. The molecule has 2 N–H and O–H groups in total. The van der Waals surface area contributed by atoms with Crippen LogP contribution in [0.5, 0.6) is 0 Å². The molecule has 0 unspecified atom stereocenters. The minimum Gasteiger partial charge on any atom is -0.383 e. The summed E-state index contributed by atoms with van der Waals surface area (Å²) in [5.41, 5.74) is 11.0. The van der Waals surface area contributed by atoms with E-state index in [0.29, 0.717) is 45.3 Å². The summed E-state index contributed by atoms with van der Waals surface area (Å²) < 4.78 is 15.5. The molecule has 6 aromatic rings. The van der Waals surface area contributed by atoms with Crippen LogP contribution in [0.15, 0.2) is 79.4 Å². The lowest BCUT2D eigenvalue weighted by molar-refractivity contribution is 0.0719. The fraction of sp³-hybridized carbons (Fsp3) is 0.235. The second-order valence-corrected chi connectivity index (χ2v) is 12.1. The van der Waals surface area contributed by atoms with Crippen molar-refractivity contribution in [3.63, 3.8) is 0 Å². The Morgan fingerprint density at radius 3 is 2.45 bits per heavy atom. The number of nitrogen functional groups attached to an aromatic ring is 1. The van der Waals surface area contributed by atoms with Gasteiger partial charge in [-0.1, -0.05) is 12.1 Å². The molecular weight excluding hydrogens is 595 g/mol. The van der Waals surface area contributed by atoms with E-state index in [9.17, 15) is 4.39 Å². The van der Waals surface area contributed by atoms with E-state index >= 15 is 0 Å². The summed E-state index contributed by atoms with van der Waals surface area (Å²) in [5, 5.41) is 9.13. The predicted molar refractivity (Wildman–Crippen MR) is 173 cm³/mol. The maximum atomic E-state index is 13.5. The van der Waals surface area contributed by atoms with Gasteiger partial charge in [0.15, 0.2) is 17.3 Å². The van der Waals surface area contributed by atoms with E-state index in [0.717, 1.165) is 63.3 Å². The third-order valence-corrected chi connectivity index (χ3v) is 9.07. The molecule has 1 spiro atoms. The van der Waals surface area contributed by atoms with Gasteiger partial charge in [-0.15, -0.1) is 0 Å². The lowest BCUT2D eigenvalue weighted by Crippen LogP contribution is -2.60. The fourth-order valence-electron chi connectivity index (χ4n) is 6.55. The van der Waals surface area contributed by atoms with Crippen molar-refractivity contribution < 1.29 is 4.39 Å². The van der Waals surface area contributed by atoms with Gasteiger partial charge in [0.1, 0.15) is 34.7 Å². The molecule has 2 aliphatic heterocycles. The highest BCUT2D eigenvalue weighted by Gasteiger charge is 2.45. The van der Waals surface area contributed by atoms with E-state index in [4.69, 9.17) is 21.0 Å². The third kappa shape index (κ3) is 5.38.